The fourth-order valence-corrected chi connectivity index (χ4v) is 1.79. The number of rotatable bonds is 4. The van der Waals surface area contributed by atoms with Crippen molar-refractivity contribution >= 4 is 5.69 Å². The third kappa shape index (κ3) is 2.23. The lowest BCUT2D eigenvalue weighted by atomic mass is 10.1. The monoisotopic (exact) mass is 206 g/mol. The second-order valence-corrected chi connectivity index (χ2v) is 3.82. The lowest BCUT2D eigenvalue weighted by molar-refractivity contribution is 0.340. The number of hydrogen-bond donors (Lipinski definition) is 1. The van der Waals surface area contributed by atoms with Gasteiger partial charge in [-0.05, 0) is 38.2 Å². The summed E-state index contributed by atoms with van der Waals surface area (Å²) in [6.45, 7) is 4.93. The van der Waals surface area contributed by atoms with Crippen molar-refractivity contribution in [1.29, 1.82) is 0 Å². The van der Waals surface area contributed by atoms with Gasteiger partial charge in [0.05, 0.1) is 6.61 Å². The van der Waals surface area contributed by atoms with Crippen LogP contribution in [-0.2, 0) is 0 Å². The molecule has 1 heterocycles. The number of nitrogens with zero attached hydrogens (tertiary/aromatic N) is 1. The van der Waals surface area contributed by atoms with Crippen LogP contribution in [0.3, 0.4) is 0 Å². The van der Waals surface area contributed by atoms with Gasteiger partial charge in [0, 0.05) is 24.8 Å². The Morgan fingerprint density at radius 1 is 1.33 bits per heavy atom. The molecule has 1 aromatic rings. The van der Waals surface area contributed by atoms with Gasteiger partial charge in [-0.1, -0.05) is 0 Å². The fourth-order valence-electron chi connectivity index (χ4n) is 1.79. The molecule has 1 aromatic carbocycles. The standard InChI is InChI=1S/C12H18N2O/c1-3-15-12-6-4-11(5-7-12)14-8-10(9-14)13-2/h4-7,10,13H,3,8-9H2,1-2H3. The highest BCUT2D eigenvalue weighted by Gasteiger charge is 2.24. The van der Waals surface area contributed by atoms with Crippen LogP contribution in [0.4, 0.5) is 5.69 Å². The van der Waals surface area contributed by atoms with Crippen molar-refractivity contribution in [3.05, 3.63) is 24.3 Å². The molecule has 0 bridgehead atoms. The summed E-state index contributed by atoms with van der Waals surface area (Å²) in [6, 6.07) is 8.96. The van der Waals surface area contributed by atoms with Gasteiger partial charge >= 0.3 is 0 Å². The normalized spacial score (nSPS) is 16.3. The van der Waals surface area contributed by atoms with Crippen LogP contribution in [-0.4, -0.2) is 32.8 Å². The molecule has 1 saturated heterocycles. The van der Waals surface area contributed by atoms with Crippen molar-refractivity contribution in [2.24, 2.45) is 0 Å². The predicted molar refractivity (Wildman–Crippen MR) is 62.7 cm³/mol. The average molecular weight is 206 g/mol. The molecule has 82 valence electrons. The van der Waals surface area contributed by atoms with E-state index in [0.29, 0.717) is 6.04 Å². The number of ether oxygens (including phenoxy) is 1. The molecule has 3 nitrogen and oxygen atoms in total. The van der Waals surface area contributed by atoms with Crippen molar-refractivity contribution in [3.63, 3.8) is 0 Å². The summed E-state index contributed by atoms with van der Waals surface area (Å²) < 4.78 is 5.40. The lowest BCUT2D eigenvalue weighted by Gasteiger charge is -2.40. The molecule has 15 heavy (non-hydrogen) atoms. The summed E-state index contributed by atoms with van der Waals surface area (Å²) in [6.07, 6.45) is 0. The Hall–Kier alpha value is -1.22. The van der Waals surface area contributed by atoms with Gasteiger partial charge in [-0.15, -0.1) is 0 Å². The molecule has 1 N–H and O–H groups in total. The summed E-state index contributed by atoms with van der Waals surface area (Å²) >= 11 is 0. The first kappa shape index (κ1) is 10.3. The van der Waals surface area contributed by atoms with E-state index in [1.165, 1.54) is 5.69 Å². The third-order valence-corrected chi connectivity index (χ3v) is 2.80. The zero-order chi connectivity index (χ0) is 10.7. The highest BCUT2D eigenvalue weighted by Crippen LogP contribution is 2.23. The number of benzene rings is 1. The Balaban J connectivity index is 1.93. The molecular weight excluding hydrogens is 188 g/mol. The Bertz CT molecular complexity index is 304. The number of nitrogens with one attached hydrogen (secondary N) is 1. The van der Waals surface area contributed by atoms with E-state index in [1.54, 1.807) is 0 Å². The molecule has 0 saturated carbocycles. The molecule has 2 rings (SSSR count). The van der Waals surface area contributed by atoms with Gasteiger partial charge in [0.15, 0.2) is 0 Å². The summed E-state index contributed by atoms with van der Waals surface area (Å²) in [5.74, 6) is 0.951. The largest absolute Gasteiger partial charge is 0.494 e. The van der Waals surface area contributed by atoms with Crippen LogP contribution in [0.5, 0.6) is 5.75 Å². The van der Waals surface area contributed by atoms with Gasteiger partial charge in [0.25, 0.3) is 0 Å². The first-order valence-corrected chi connectivity index (χ1v) is 5.48. The minimum atomic E-state index is 0.650. The summed E-state index contributed by atoms with van der Waals surface area (Å²) in [4.78, 5) is 2.36. The topological polar surface area (TPSA) is 24.5 Å². The van der Waals surface area contributed by atoms with Gasteiger partial charge < -0.3 is 15.0 Å². The molecule has 0 radical (unpaired) electrons. The van der Waals surface area contributed by atoms with Gasteiger partial charge in [-0.3, -0.25) is 0 Å². The van der Waals surface area contributed by atoms with E-state index < -0.39 is 0 Å². The molecule has 1 aliphatic heterocycles. The van der Waals surface area contributed by atoms with Crippen LogP contribution in [0, 0.1) is 0 Å². The minimum Gasteiger partial charge on any atom is -0.494 e. The number of likely N-dealkylation sites (N-methyl/N-ethyl adjacent to an activating group) is 1. The van der Waals surface area contributed by atoms with E-state index in [4.69, 9.17) is 4.74 Å². The molecule has 1 aliphatic rings. The van der Waals surface area contributed by atoms with E-state index >= 15 is 0 Å². The first-order valence-electron chi connectivity index (χ1n) is 5.48. The van der Waals surface area contributed by atoms with E-state index in [1.807, 2.05) is 26.1 Å². The van der Waals surface area contributed by atoms with E-state index in [0.717, 1.165) is 25.4 Å². The Kier molecular flexibility index (Phi) is 3.11. The van der Waals surface area contributed by atoms with Crippen molar-refractivity contribution in [2.75, 3.05) is 31.6 Å². The zero-order valence-corrected chi connectivity index (χ0v) is 9.36. The molecular formula is C12H18N2O. The van der Waals surface area contributed by atoms with Gasteiger partial charge in [0.2, 0.25) is 0 Å². The molecule has 0 spiro atoms. The van der Waals surface area contributed by atoms with E-state index in [-0.39, 0.29) is 0 Å². The van der Waals surface area contributed by atoms with Gasteiger partial charge in [-0.2, -0.15) is 0 Å². The van der Waals surface area contributed by atoms with Crippen molar-refractivity contribution in [3.8, 4) is 5.75 Å². The van der Waals surface area contributed by atoms with E-state index in [2.05, 4.69) is 22.3 Å². The maximum atomic E-state index is 5.40. The molecule has 0 atom stereocenters. The SMILES string of the molecule is CCOc1ccc(N2CC(NC)C2)cc1. The summed E-state index contributed by atoms with van der Waals surface area (Å²) in [5.41, 5.74) is 1.28. The third-order valence-electron chi connectivity index (χ3n) is 2.80. The summed E-state index contributed by atoms with van der Waals surface area (Å²) in [5, 5.41) is 3.27. The van der Waals surface area contributed by atoms with Crippen LogP contribution in [0.25, 0.3) is 0 Å². The molecule has 0 aliphatic carbocycles. The van der Waals surface area contributed by atoms with Crippen molar-refractivity contribution in [1.82, 2.24) is 5.32 Å². The molecule has 3 heteroatoms. The van der Waals surface area contributed by atoms with Crippen LogP contribution in [0.2, 0.25) is 0 Å². The predicted octanol–water partition coefficient (Wildman–Crippen LogP) is 1.49. The maximum Gasteiger partial charge on any atom is 0.119 e. The Morgan fingerprint density at radius 2 is 2.00 bits per heavy atom. The Morgan fingerprint density at radius 3 is 2.53 bits per heavy atom. The molecule has 0 unspecified atom stereocenters. The van der Waals surface area contributed by atoms with Crippen molar-refractivity contribution < 1.29 is 4.74 Å². The first-order chi connectivity index (χ1) is 7.33. The van der Waals surface area contributed by atoms with Crippen molar-refractivity contribution in [2.45, 2.75) is 13.0 Å². The fraction of sp³-hybridized carbons (Fsp3) is 0.500. The Labute approximate surface area is 91.0 Å². The minimum absolute atomic E-state index is 0.650. The lowest BCUT2D eigenvalue weighted by Crippen LogP contribution is -2.57. The highest BCUT2D eigenvalue weighted by atomic mass is 16.5. The van der Waals surface area contributed by atoms with Crippen LogP contribution >= 0.6 is 0 Å². The van der Waals surface area contributed by atoms with Crippen LogP contribution < -0.4 is 15.0 Å². The van der Waals surface area contributed by atoms with Gasteiger partial charge in [-0.25, -0.2) is 0 Å². The second kappa shape index (κ2) is 4.53. The quantitative estimate of drug-likeness (QED) is 0.808. The smallest absolute Gasteiger partial charge is 0.119 e. The molecule has 1 fully saturated rings. The van der Waals surface area contributed by atoms with Crippen LogP contribution in [0.1, 0.15) is 6.92 Å². The zero-order valence-electron chi connectivity index (χ0n) is 9.36. The maximum absolute atomic E-state index is 5.40. The molecule has 0 aromatic heterocycles. The second-order valence-electron chi connectivity index (χ2n) is 3.82. The van der Waals surface area contributed by atoms with Crippen LogP contribution in [0.15, 0.2) is 24.3 Å². The summed E-state index contributed by atoms with van der Waals surface area (Å²) in [7, 11) is 2.01. The van der Waals surface area contributed by atoms with E-state index in [9.17, 15) is 0 Å². The molecule has 0 amide bonds. The number of hydrogen-bond acceptors (Lipinski definition) is 3. The number of anilines is 1. The van der Waals surface area contributed by atoms with Gasteiger partial charge in [0.1, 0.15) is 5.75 Å². The average Bonchev–Trinajstić information content (AvgIpc) is 2.19. The highest BCUT2D eigenvalue weighted by molar-refractivity contribution is 5.51.